The molecule has 0 bridgehead atoms. The Morgan fingerprint density at radius 2 is 1.60 bits per heavy atom. The number of benzene rings is 2. The van der Waals surface area contributed by atoms with Crippen LogP contribution in [0.4, 0.5) is 13.2 Å². The van der Waals surface area contributed by atoms with E-state index in [-0.39, 0.29) is 18.4 Å². The van der Waals surface area contributed by atoms with Crippen LogP contribution in [0, 0.1) is 5.92 Å². The van der Waals surface area contributed by atoms with E-state index in [1.165, 1.54) is 45.2 Å². The maximum atomic E-state index is 13.7. The van der Waals surface area contributed by atoms with Gasteiger partial charge in [-0.25, -0.2) is 0 Å². The third-order valence-electron chi connectivity index (χ3n) is 6.87. The van der Waals surface area contributed by atoms with Gasteiger partial charge in [-0.3, -0.25) is 24.2 Å². The van der Waals surface area contributed by atoms with Gasteiger partial charge in [0.15, 0.2) is 0 Å². The van der Waals surface area contributed by atoms with Crippen molar-refractivity contribution in [1.82, 2.24) is 20.9 Å². The number of ketones is 1. The van der Waals surface area contributed by atoms with Crippen LogP contribution in [0.5, 0.6) is 5.75 Å². The number of hydrogen-bond donors (Lipinski definition) is 3. The van der Waals surface area contributed by atoms with Crippen LogP contribution < -0.4 is 20.7 Å². The molecule has 1 heterocycles. The number of aryl methyl sites for hydroxylation is 1. The molecule has 0 aliphatic rings. The fraction of sp³-hybridized carbons (Fsp3) is 0.344. The number of amides is 3. The van der Waals surface area contributed by atoms with Crippen molar-refractivity contribution in [2.24, 2.45) is 5.92 Å². The second-order valence-electron chi connectivity index (χ2n) is 10.6. The molecular formula is C32H34ClF3N4O5. The molecule has 0 saturated carbocycles. The summed E-state index contributed by atoms with van der Waals surface area (Å²) < 4.78 is 45.1. The lowest BCUT2D eigenvalue weighted by molar-refractivity contribution is -0.175. The average Bonchev–Trinajstić information content (AvgIpc) is 3.00. The van der Waals surface area contributed by atoms with Crippen molar-refractivity contribution in [2.45, 2.75) is 57.4 Å². The van der Waals surface area contributed by atoms with Crippen molar-refractivity contribution >= 4 is 35.1 Å². The first-order chi connectivity index (χ1) is 21.3. The van der Waals surface area contributed by atoms with Gasteiger partial charge in [0, 0.05) is 30.3 Å². The van der Waals surface area contributed by atoms with Crippen LogP contribution in [0.15, 0.2) is 73.1 Å². The van der Waals surface area contributed by atoms with Crippen LogP contribution in [-0.4, -0.2) is 53.9 Å². The summed E-state index contributed by atoms with van der Waals surface area (Å²) in [7, 11) is 1.42. The minimum Gasteiger partial charge on any atom is -0.497 e. The van der Waals surface area contributed by atoms with E-state index in [1.54, 1.807) is 42.7 Å². The number of aromatic nitrogens is 1. The monoisotopic (exact) mass is 646 g/mol. The minimum atomic E-state index is -5.19. The minimum absolute atomic E-state index is 0.0108. The number of halogens is 4. The van der Waals surface area contributed by atoms with Crippen molar-refractivity contribution < 1.29 is 37.1 Å². The first-order valence-electron chi connectivity index (χ1n) is 14.1. The number of carbonyl (C=O) groups is 4. The normalized spacial score (nSPS) is 13.3. The predicted octanol–water partition coefficient (Wildman–Crippen LogP) is 4.53. The van der Waals surface area contributed by atoms with Crippen LogP contribution in [-0.2, 0) is 32.0 Å². The van der Waals surface area contributed by atoms with Gasteiger partial charge in [-0.2, -0.15) is 13.2 Å². The Balaban J connectivity index is 1.90. The second-order valence-corrected chi connectivity index (χ2v) is 11.1. The van der Waals surface area contributed by atoms with Crippen LogP contribution >= 0.6 is 11.6 Å². The van der Waals surface area contributed by atoms with Crippen LogP contribution in [0.25, 0.3) is 0 Å². The Bertz CT molecular complexity index is 1470. The molecule has 1 aromatic heterocycles. The zero-order valence-electron chi connectivity index (χ0n) is 24.9. The molecule has 3 amide bonds. The number of methoxy groups -OCH3 is 1. The summed E-state index contributed by atoms with van der Waals surface area (Å²) in [6.07, 6.45) is -1.59. The second kappa shape index (κ2) is 16.0. The highest BCUT2D eigenvalue weighted by Crippen LogP contribution is 2.23. The van der Waals surface area contributed by atoms with E-state index in [4.69, 9.17) is 16.3 Å². The Hall–Kier alpha value is -4.45. The van der Waals surface area contributed by atoms with E-state index in [1.807, 2.05) is 6.07 Å². The van der Waals surface area contributed by atoms with Crippen molar-refractivity contribution in [3.63, 3.8) is 0 Å². The summed E-state index contributed by atoms with van der Waals surface area (Å²) in [5, 5.41) is 7.83. The summed E-state index contributed by atoms with van der Waals surface area (Å²) in [6.45, 7) is 2.72. The maximum Gasteiger partial charge on any atom is 0.452 e. The predicted molar refractivity (Wildman–Crippen MR) is 161 cm³/mol. The molecule has 9 nitrogen and oxygen atoms in total. The number of rotatable bonds is 14. The maximum absolute atomic E-state index is 13.7. The zero-order valence-corrected chi connectivity index (χ0v) is 25.6. The lowest BCUT2D eigenvalue weighted by Gasteiger charge is -2.27. The molecule has 3 N–H and O–H groups in total. The molecule has 0 radical (unpaired) electrons. The standard InChI is InChI=1S/C32H34ClF3N4O5/c1-19(2)27(29(42)32(34,35)36)39-31(44)28(22-10-12-24(45-3)13-11-22)40-30(43)25(17-21-6-4-8-23(33)16-21)38-26(41)14-9-20-7-5-15-37-18-20/h4-8,10-13,15-16,18-19,25,27-28H,9,14,17H2,1-3H3,(H,38,41)(H,39,44)(H,40,43). The topological polar surface area (TPSA) is 126 Å². The van der Waals surface area contributed by atoms with Crippen molar-refractivity contribution in [3.05, 3.63) is 94.8 Å². The molecule has 0 aliphatic heterocycles. The van der Waals surface area contributed by atoms with E-state index in [2.05, 4.69) is 20.9 Å². The first kappa shape index (κ1) is 35.0. The summed E-state index contributed by atoms with van der Waals surface area (Å²) in [5.41, 5.74) is 1.62. The molecular weight excluding hydrogens is 613 g/mol. The van der Waals surface area contributed by atoms with E-state index in [9.17, 15) is 32.3 Å². The van der Waals surface area contributed by atoms with Gasteiger partial charge < -0.3 is 20.7 Å². The van der Waals surface area contributed by atoms with Gasteiger partial charge in [0.25, 0.3) is 5.78 Å². The van der Waals surface area contributed by atoms with E-state index >= 15 is 0 Å². The van der Waals surface area contributed by atoms with Gasteiger partial charge in [-0.1, -0.05) is 55.8 Å². The number of nitrogens with zero attached hydrogens (tertiary/aromatic N) is 1. The van der Waals surface area contributed by atoms with Crippen LogP contribution in [0.2, 0.25) is 5.02 Å². The Labute approximate surface area is 263 Å². The lowest BCUT2D eigenvalue weighted by atomic mass is 9.97. The Morgan fingerprint density at radius 3 is 2.18 bits per heavy atom. The van der Waals surface area contributed by atoms with E-state index in [0.717, 1.165) is 5.56 Å². The number of hydrogen-bond acceptors (Lipinski definition) is 6. The molecule has 240 valence electrons. The molecule has 3 aromatic rings. The summed E-state index contributed by atoms with van der Waals surface area (Å²) in [4.78, 5) is 56.4. The van der Waals surface area contributed by atoms with Crippen LogP contribution in [0.3, 0.4) is 0 Å². The number of pyridine rings is 1. The number of alkyl halides is 3. The van der Waals surface area contributed by atoms with Crippen molar-refractivity contribution in [2.75, 3.05) is 7.11 Å². The molecule has 0 saturated heterocycles. The van der Waals surface area contributed by atoms with Crippen LogP contribution in [0.1, 0.15) is 43.0 Å². The molecule has 0 aliphatic carbocycles. The fourth-order valence-electron chi connectivity index (χ4n) is 4.47. The quantitative estimate of drug-likeness (QED) is 0.236. The Morgan fingerprint density at radius 1 is 0.911 bits per heavy atom. The van der Waals surface area contributed by atoms with Gasteiger partial charge in [0.1, 0.15) is 17.8 Å². The van der Waals surface area contributed by atoms with Crippen molar-refractivity contribution in [3.8, 4) is 5.75 Å². The summed E-state index contributed by atoms with van der Waals surface area (Å²) in [5.74, 6) is -4.90. The first-order valence-corrected chi connectivity index (χ1v) is 14.4. The van der Waals surface area contributed by atoms with E-state index < -0.39 is 53.7 Å². The largest absolute Gasteiger partial charge is 0.497 e. The molecule has 3 atom stereocenters. The van der Waals surface area contributed by atoms with Gasteiger partial charge in [-0.05, 0) is 59.4 Å². The highest BCUT2D eigenvalue weighted by molar-refractivity contribution is 6.30. The van der Waals surface area contributed by atoms with Gasteiger partial charge in [-0.15, -0.1) is 0 Å². The zero-order chi connectivity index (χ0) is 33.1. The SMILES string of the molecule is COc1ccc(C(NC(=O)C(Cc2cccc(Cl)c2)NC(=O)CCc2cccnc2)C(=O)NC(C(=O)C(F)(F)F)C(C)C)cc1. The third-order valence-corrected chi connectivity index (χ3v) is 7.10. The molecule has 2 aromatic carbocycles. The van der Waals surface area contributed by atoms with Gasteiger partial charge >= 0.3 is 6.18 Å². The van der Waals surface area contributed by atoms with E-state index in [0.29, 0.717) is 22.8 Å². The number of carbonyl (C=O) groups excluding carboxylic acids is 4. The molecule has 45 heavy (non-hydrogen) atoms. The molecule has 13 heteroatoms. The smallest absolute Gasteiger partial charge is 0.452 e. The summed E-state index contributed by atoms with van der Waals surface area (Å²) >= 11 is 6.13. The molecule has 3 rings (SSSR count). The van der Waals surface area contributed by atoms with Gasteiger partial charge in [0.05, 0.1) is 13.2 Å². The van der Waals surface area contributed by atoms with Crippen molar-refractivity contribution in [1.29, 1.82) is 0 Å². The fourth-order valence-corrected chi connectivity index (χ4v) is 4.68. The third kappa shape index (κ3) is 10.6. The molecule has 3 unspecified atom stereocenters. The molecule has 0 spiro atoms. The average molecular weight is 647 g/mol. The lowest BCUT2D eigenvalue weighted by Crippen LogP contribution is -2.55. The highest BCUT2D eigenvalue weighted by Gasteiger charge is 2.45. The highest BCUT2D eigenvalue weighted by atomic mass is 35.5. The Kier molecular flexibility index (Phi) is 12.5. The number of Topliss-reactive ketones (excluding diaryl/α,β-unsaturated/α-hetero) is 1. The molecule has 0 fully saturated rings. The van der Waals surface area contributed by atoms with Gasteiger partial charge in [0.2, 0.25) is 17.7 Å². The number of nitrogens with one attached hydrogen (secondary N) is 3. The summed E-state index contributed by atoms with van der Waals surface area (Å²) in [6, 6.07) is 11.5. The number of ether oxygens (including phenoxy) is 1.